The highest BCUT2D eigenvalue weighted by atomic mass is 32.1. The highest BCUT2D eigenvalue weighted by Crippen LogP contribution is 2.41. The van der Waals surface area contributed by atoms with Crippen LogP contribution in [0, 0.1) is 11.3 Å². The van der Waals surface area contributed by atoms with Gasteiger partial charge in [0.15, 0.2) is 10.6 Å². The van der Waals surface area contributed by atoms with Crippen molar-refractivity contribution in [2.75, 3.05) is 0 Å². The van der Waals surface area contributed by atoms with E-state index in [9.17, 15) is 9.59 Å². The molecule has 2 heterocycles. The molecule has 3 aromatic rings. The van der Waals surface area contributed by atoms with Crippen molar-refractivity contribution < 1.29 is 4.79 Å². The third-order valence-electron chi connectivity index (χ3n) is 5.93. The molecule has 1 aliphatic rings. The molecule has 2 aromatic heterocycles. The Balaban J connectivity index is 1.74. The summed E-state index contributed by atoms with van der Waals surface area (Å²) >= 11 is 1.59. The van der Waals surface area contributed by atoms with Gasteiger partial charge in [-0.15, -0.1) is 16.4 Å². The van der Waals surface area contributed by atoms with Gasteiger partial charge < -0.3 is 0 Å². The molecule has 28 heavy (non-hydrogen) atoms. The number of hydrogen-bond donors (Lipinski definition) is 0. The Morgan fingerprint density at radius 3 is 2.64 bits per heavy atom. The van der Waals surface area contributed by atoms with E-state index in [0.29, 0.717) is 21.7 Å². The van der Waals surface area contributed by atoms with Crippen LogP contribution in [0.2, 0.25) is 0 Å². The van der Waals surface area contributed by atoms with E-state index in [1.54, 1.807) is 30.4 Å². The number of carbonyl (C=O) groups excluding carboxylic acids is 1. The van der Waals surface area contributed by atoms with Crippen molar-refractivity contribution in [3.8, 4) is 0 Å². The topological polar surface area (TPSA) is 64.8 Å². The number of nitrogens with zero attached hydrogens (tertiary/aromatic N) is 3. The minimum absolute atomic E-state index is 0.131. The second-order valence-corrected chi connectivity index (χ2v) is 9.82. The fraction of sp³-hybridized carbons (Fsp3) is 0.455. The van der Waals surface area contributed by atoms with Gasteiger partial charge in [0, 0.05) is 10.4 Å². The van der Waals surface area contributed by atoms with Crippen molar-refractivity contribution in [2.45, 2.75) is 53.0 Å². The summed E-state index contributed by atoms with van der Waals surface area (Å²) < 4.78 is 1.25. The van der Waals surface area contributed by atoms with Crippen LogP contribution in [0.3, 0.4) is 0 Å². The Morgan fingerprint density at radius 1 is 1.25 bits per heavy atom. The average Bonchev–Trinajstić information content (AvgIpc) is 3.05. The third-order valence-corrected chi connectivity index (χ3v) is 7.07. The van der Waals surface area contributed by atoms with Crippen molar-refractivity contribution in [2.24, 2.45) is 11.3 Å². The van der Waals surface area contributed by atoms with E-state index < -0.39 is 6.04 Å². The molecule has 0 radical (unpaired) electrons. The number of fused-ring (bicyclic) bond motifs is 3. The van der Waals surface area contributed by atoms with Gasteiger partial charge in [-0.3, -0.25) is 9.59 Å². The number of aromatic nitrogens is 3. The van der Waals surface area contributed by atoms with E-state index in [1.165, 1.54) is 9.56 Å². The number of thiophene rings is 1. The third kappa shape index (κ3) is 3.20. The van der Waals surface area contributed by atoms with E-state index in [4.69, 9.17) is 0 Å². The molecule has 0 fully saturated rings. The van der Waals surface area contributed by atoms with E-state index in [1.807, 2.05) is 18.2 Å². The standard InChI is InChI=1S/C22H25N3O2S/c1-13(19(26)14-8-6-5-7-9-14)25-21(27)18-16-11-10-15(22(2,3)4)12-17(16)28-20(18)23-24-25/h5-9,13,15H,10-12H2,1-4H3/t13-,15-/m1/s1. The maximum atomic E-state index is 13.2. The van der Waals surface area contributed by atoms with Crippen LogP contribution < -0.4 is 5.56 Å². The molecular formula is C22H25N3O2S. The van der Waals surface area contributed by atoms with Crippen molar-refractivity contribution in [3.05, 3.63) is 56.7 Å². The minimum Gasteiger partial charge on any atom is -0.292 e. The normalized spacial score (nSPS) is 18.1. The molecule has 5 nitrogen and oxygen atoms in total. The molecule has 0 saturated carbocycles. The van der Waals surface area contributed by atoms with Gasteiger partial charge in [-0.25, -0.2) is 0 Å². The smallest absolute Gasteiger partial charge is 0.279 e. The van der Waals surface area contributed by atoms with E-state index in [2.05, 4.69) is 31.1 Å². The van der Waals surface area contributed by atoms with Crippen LogP contribution in [-0.4, -0.2) is 20.8 Å². The van der Waals surface area contributed by atoms with Gasteiger partial charge in [0.25, 0.3) is 5.56 Å². The van der Waals surface area contributed by atoms with Crippen LogP contribution in [0.5, 0.6) is 0 Å². The van der Waals surface area contributed by atoms with E-state index >= 15 is 0 Å². The van der Waals surface area contributed by atoms with Gasteiger partial charge in [-0.05, 0) is 43.1 Å². The Bertz CT molecular complexity index is 1090. The minimum atomic E-state index is -0.687. The quantitative estimate of drug-likeness (QED) is 0.615. The molecule has 146 valence electrons. The molecule has 0 spiro atoms. The largest absolute Gasteiger partial charge is 0.292 e. The first kappa shape index (κ1) is 19.0. The zero-order valence-electron chi connectivity index (χ0n) is 16.7. The molecule has 4 rings (SSSR count). The van der Waals surface area contributed by atoms with Crippen LogP contribution in [0.4, 0.5) is 0 Å². The predicted molar refractivity (Wildman–Crippen MR) is 112 cm³/mol. The van der Waals surface area contributed by atoms with Gasteiger partial charge in [0.1, 0.15) is 6.04 Å². The molecule has 0 saturated heterocycles. The van der Waals surface area contributed by atoms with Gasteiger partial charge in [0.2, 0.25) is 0 Å². The van der Waals surface area contributed by atoms with Gasteiger partial charge in [-0.2, -0.15) is 4.68 Å². The molecule has 0 unspecified atom stereocenters. The van der Waals surface area contributed by atoms with Crippen LogP contribution >= 0.6 is 11.3 Å². The lowest BCUT2D eigenvalue weighted by atomic mass is 9.72. The number of Topliss-reactive ketones (excluding diaryl/α,β-unsaturated/α-hetero) is 1. The summed E-state index contributed by atoms with van der Waals surface area (Å²) in [5.74, 6) is 0.468. The molecule has 2 atom stereocenters. The van der Waals surface area contributed by atoms with Crippen LogP contribution in [0.15, 0.2) is 35.1 Å². The summed E-state index contributed by atoms with van der Waals surface area (Å²) in [5, 5.41) is 9.08. The molecule has 0 aliphatic heterocycles. The Hall–Kier alpha value is -2.34. The van der Waals surface area contributed by atoms with Crippen molar-refractivity contribution in [1.29, 1.82) is 0 Å². The highest BCUT2D eigenvalue weighted by Gasteiger charge is 2.32. The predicted octanol–water partition coefficient (Wildman–Crippen LogP) is 4.45. The number of carbonyl (C=O) groups is 1. The first-order valence-electron chi connectivity index (χ1n) is 9.76. The zero-order chi connectivity index (χ0) is 20.1. The maximum Gasteiger partial charge on any atom is 0.279 e. The summed E-state index contributed by atoms with van der Waals surface area (Å²) in [4.78, 5) is 28.0. The summed E-state index contributed by atoms with van der Waals surface area (Å²) in [5.41, 5.74) is 1.74. The van der Waals surface area contributed by atoms with Crippen molar-refractivity contribution >= 4 is 27.3 Å². The monoisotopic (exact) mass is 395 g/mol. The summed E-state index contributed by atoms with van der Waals surface area (Å²) in [6, 6.07) is 8.33. The van der Waals surface area contributed by atoms with Crippen molar-refractivity contribution in [1.82, 2.24) is 15.0 Å². The van der Waals surface area contributed by atoms with Crippen molar-refractivity contribution in [3.63, 3.8) is 0 Å². The second kappa shape index (κ2) is 6.92. The maximum absolute atomic E-state index is 13.2. The van der Waals surface area contributed by atoms with E-state index in [-0.39, 0.29) is 16.8 Å². The van der Waals surface area contributed by atoms with Crippen LogP contribution in [0.25, 0.3) is 10.2 Å². The average molecular weight is 396 g/mol. The fourth-order valence-electron chi connectivity index (χ4n) is 4.05. The number of rotatable bonds is 3. The highest BCUT2D eigenvalue weighted by molar-refractivity contribution is 7.18. The lowest BCUT2D eigenvalue weighted by Crippen LogP contribution is -2.32. The summed E-state index contributed by atoms with van der Waals surface area (Å²) in [6.07, 6.45) is 2.94. The fourth-order valence-corrected chi connectivity index (χ4v) is 5.29. The number of ketones is 1. The van der Waals surface area contributed by atoms with Crippen LogP contribution in [0.1, 0.15) is 61.0 Å². The lowest BCUT2D eigenvalue weighted by molar-refractivity contribution is 0.0923. The number of hydrogen-bond acceptors (Lipinski definition) is 5. The molecule has 0 N–H and O–H groups in total. The molecule has 1 aliphatic carbocycles. The lowest BCUT2D eigenvalue weighted by Gasteiger charge is -2.33. The first-order chi connectivity index (χ1) is 13.3. The molecule has 0 bridgehead atoms. The summed E-state index contributed by atoms with van der Waals surface area (Å²) in [6.45, 7) is 8.55. The van der Waals surface area contributed by atoms with Gasteiger partial charge in [-0.1, -0.05) is 56.3 Å². The molecule has 0 amide bonds. The van der Waals surface area contributed by atoms with Crippen LogP contribution in [-0.2, 0) is 12.8 Å². The second-order valence-electron chi connectivity index (χ2n) is 8.74. The number of benzene rings is 1. The van der Waals surface area contributed by atoms with Gasteiger partial charge in [0.05, 0.1) is 5.39 Å². The zero-order valence-corrected chi connectivity index (χ0v) is 17.5. The Kier molecular flexibility index (Phi) is 4.70. The molecule has 6 heteroatoms. The Labute approximate surface area is 168 Å². The van der Waals surface area contributed by atoms with E-state index in [0.717, 1.165) is 24.8 Å². The molecule has 1 aromatic carbocycles. The van der Waals surface area contributed by atoms with Gasteiger partial charge >= 0.3 is 0 Å². The first-order valence-corrected chi connectivity index (χ1v) is 10.6. The summed E-state index contributed by atoms with van der Waals surface area (Å²) in [7, 11) is 0. The SMILES string of the molecule is C[C@H](C(=O)c1ccccc1)n1nnc2sc3c(c2c1=O)CC[C@@H](C(C)(C)C)C3. The Morgan fingerprint density at radius 2 is 1.96 bits per heavy atom. The molecular weight excluding hydrogens is 370 g/mol. The number of aryl methyl sites for hydroxylation is 1.